The van der Waals surface area contributed by atoms with Crippen molar-refractivity contribution in [2.45, 2.75) is 44.2 Å². The monoisotopic (exact) mass is 462 g/mol. The van der Waals surface area contributed by atoms with Crippen LogP contribution in [0.1, 0.15) is 43.7 Å². The number of rotatable bonds is 7. The lowest BCUT2D eigenvalue weighted by Gasteiger charge is -2.38. The van der Waals surface area contributed by atoms with Crippen molar-refractivity contribution in [1.29, 1.82) is 0 Å². The largest absolute Gasteiger partial charge is 0.378 e. The highest BCUT2D eigenvalue weighted by Gasteiger charge is 2.34. The molecule has 3 fully saturated rings. The minimum Gasteiger partial charge on any atom is -0.378 e. The van der Waals surface area contributed by atoms with Crippen LogP contribution in [-0.4, -0.2) is 91.6 Å². The third-order valence-electron chi connectivity index (χ3n) is 6.91. The van der Waals surface area contributed by atoms with E-state index in [1.165, 1.54) is 12.8 Å². The van der Waals surface area contributed by atoms with Gasteiger partial charge in [0.25, 0.3) is 0 Å². The van der Waals surface area contributed by atoms with Gasteiger partial charge in [0.1, 0.15) is 0 Å². The molecular formula is C24H35ClN4O3. The Bertz CT molecular complexity index is 780. The van der Waals surface area contributed by atoms with Crippen molar-refractivity contribution in [3.05, 3.63) is 34.9 Å². The normalized spacial score (nSPS) is 23.8. The first kappa shape index (κ1) is 23.5. The molecule has 1 aromatic rings. The lowest BCUT2D eigenvalue weighted by molar-refractivity contribution is -0.143. The summed E-state index contributed by atoms with van der Waals surface area (Å²) < 4.78 is 5.38. The van der Waals surface area contributed by atoms with Crippen molar-refractivity contribution >= 4 is 23.4 Å². The van der Waals surface area contributed by atoms with E-state index in [1.54, 1.807) is 0 Å². The summed E-state index contributed by atoms with van der Waals surface area (Å²) in [4.78, 5) is 32.4. The van der Waals surface area contributed by atoms with Gasteiger partial charge in [0, 0.05) is 24.7 Å². The molecule has 0 spiro atoms. The van der Waals surface area contributed by atoms with Gasteiger partial charge < -0.3 is 15.0 Å². The first-order valence-electron chi connectivity index (χ1n) is 12.0. The zero-order valence-corrected chi connectivity index (χ0v) is 19.6. The molecule has 32 heavy (non-hydrogen) atoms. The number of halogens is 1. The second-order valence-electron chi connectivity index (χ2n) is 9.00. The molecule has 2 atom stereocenters. The minimum atomic E-state index is -0.203. The quantitative estimate of drug-likeness (QED) is 0.673. The Balaban J connectivity index is 1.36. The number of carbonyl (C=O) groups is 2. The molecule has 0 bridgehead atoms. The van der Waals surface area contributed by atoms with Crippen molar-refractivity contribution in [2.75, 3.05) is 59.0 Å². The van der Waals surface area contributed by atoms with Crippen LogP contribution in [0.3, 0.4) is 0 Å². The van der Waals surface area contributed by atoms with Gasteiger partial charge in [0.05, 0.1) is 31.8 Å². The molecule has 1 aromatic carbocycles. The average molecular weight is 463 g/mol. The number of piperidine rings is 1. The number of likely N-dealkylation sites (tertiary alicyclic amines) is 2. The maximum atomic E-state index is 13.1. The number of hydrogen-bond acceptors (Lipinski definition) is 5. The fraction of sp³-hybridized carbons (Fsp3) is 0.667. The Morgan fingerprint density at radius 3 is 2.50 bits per heavy atom. The van der Waals surface area contributed by atoms with E-state index in [2.05, 4.69) is 21.2 Å². The summed E-state index contributed by atoms with van der Waals surface area (Å²) >= 11 is 6.50. The first-order chi connectivity index (χ1) is 15.6. The van der Waals surface area contributed by atoms with Crippen LogP contribution >= 0.6 is 11.6 Å². The summed E-state index contributed by atoms with van der Waals surface area (Å²) in [5.41, 5.74) is 1.06. The number of nitrogens with one attached hydrogen (secondary N) is 1. The van der Waals surface area contributed by atoms with Gasteiger partial charge in [-0.1, -0.05) is 36.2 Å². The van der Waals surface area contributed by atoms with Crippen molar-refractivity contribution < 1.29 is 14.3 Å². The Morgan fingerprint density at radius 2 is 1.75 bits per heavy atom. The summed E-state index contributed by atoms with van der Waals surface area (Å²) in [6, 6.07) is 7.78. The number of hydrogen-bond donors (Lipinski definition) is 1. The van der Waals surface area contributed by atoms with E-state index in [4.69, 9.17) is 16.3 Å². The molecule has 2 amide bonds. The maximum Gasteiger partial charge on any atom is 0.240 e. The summed E-state index contributed by atoms with van der Waals surface area (Å²) in [6.07, 6.45) is 5.22. The summed E-state index contributed by atoms with van der Waals surface area (Å²) in [7, 11) is 0. The van der Waals surface area contributed by atoms with Crippen LogP contribution < -0.4 is 5.32 Å². The zero-order chi connectivity index (χ0) is 22.3. The highest BCUT2D eigenvalue weighted by molar-refractivity contribution is 6.31. The SMILES string of the molecule is O=C(CN1CCCCC1C(=O)N1CCOCC1)NCC(c1ccccc1Cl)N1CCCC1. The van der Waals surface area contributed by atoms with E-state index < -0.39 is 0 Å². The molecule has 2 unspecified atom stereocenters. The molecule has 4 rings (SSSR count). The van der Waals surface area contributed by atoms with Crippen LogP contribution in [0.15, 0.2) is 24.3 Å². The molecule has 3 aliphatic rings. The van der Waals surface area contributed by atoms with Crippen molar-refractivity contribution in [3.63, 3.8) is 0 Å². The molecule has 0 saturated carbocycles. The van der Waals surface area contributed by atoms with Gasteiger partial charge in [0.2, 0.25) is 11.8 Å². The highest BCUT2D eigenvalue weighted by atomic mass is 35.5. The standard InChI is InChI=1S/C24H35ClN4O3/c25-20-8-2-1-7-19(20)22(27-10-5-6-11-27)17-26-23(30)18-29-12-4-3-9-21(29)24(31)28-13-15-32-16-14-28/h1-2,7-8,21-22H,3-6,9-18H2,(H,26,30). The van der Waals surface area contributed by atoms with Crippen LogP contribution in [-0.2, 0) is 14.3 Å². The second kappa shape index (κ2) is 11.5. The molecule has 0 aliphatic carbocycles. The predicted octanol–water partition coefficient (Wildman–Crippen LogP) is 2.31. The molecule has 3 heterocycles. The number of amides is 2. The first-order valence-corrected chi connectivity index (χ1v) is 12.4. The fourth-order valence-corrected chi connectivity index (χ4v) is 5.40. The molecule has 0 aromatic heterocycles. The van der Waals surface area contributed by atoms with E-state index in [0.29, 0.717) is 32.8 Å². The number of nitrogens with zero attached hydrogens (tertiary/aromatic N) is 3. The molecule has 8 heteroatoms. The van der Waals surface area contributed by atoms with Crippen LogP contribution in [0.5, 0.6) is 0 Å². The van der Waals surface area contributed by atoms with E-state index in [1.807, 2.05) is 23.1 Å². The summed E-state index contributed by atoms with van der Waals surface area (Å²) in [5, 5.41) is 3.89. The van der Waals surface area contributed by atoms with E-state index >= 15 is 0 Å². The van der Waals surface area contributed by atoms with E-state index in [9.17, 15) is 9.59 Å². The van der Waals surface area contributed by atoms with Crippen LogP contribution in [0.25, 0.3) is 0 Å². The molecule has 3 saturated heterocycles. The summed E-state index contributed by atoms with van der Waals surface area (Å²) in [6.45, 7) is 6.10. The van der Waals surface area contributed by atoms with Crippen LogP contribution in [0.2, 0.25) is 5.02 Å². The van der Waals surface area contributed by atoms with Crippen LogP contribution in [0, 0.1) is 0 Å². The molecule has 1 N–H and O–H groups in total. The van der Waals surface area contributed by atoms with E-state index in [-0.39, 0.29) is 30.4 Å². The van der Waals surface area contributed by atoms with Crippen molar-refractivity contribution in [3.8, 4) is 0 Å². The Kier molecular flexibility index (Phi) is 8.41. The Labute approximate surface area is 196 Å². The van der Waals surface area contributed by atoms with Gasteiger partial charge in [-0.05, 0) is 56.9 Å². The summed E-state index contributed by atoms with van der Waals surface area (Å²) in [5.74, 6) is 0.120. The van der Waals surface area contributed by atoms with Gasteiger partial charge in [-0.15, -0.1) is 0 Å². The van der Waals surface area contributed by atoms with E-state index in [0.717, 1.165) is 49.5 Å². The highest BCUT2D eigenvalue weighted by Crippen LogP contribution is 2.29. The van der Waals surface area contributed by atoms with Crippen LogP contribution in [0.4, 0.5) is 0 Å². The van der Waals surface area contributed by atoms with Gasteiger partial charge >= 0.3 is 0 Å². The molecular weight excluding hydrogens is 428 g/mol. The Morgan fingerprint density at radius 1 is 1.03 bits per heavy atom. The minimum absolute atomic E-state index is 0.0251. The third kappa shape index (κ3) is 5.81. The molecule has 7 nitrogen and oxygen atoms in total. The van der Waals surface area contributed by atoms with Gasteiger partial charge in [-0.25, -0.2) is 0 Å². The zero-order valence-electron chi connectivity index (χ0n) is 18.8. The smallest absolute Gasteiger partial charge is 0.240 e. The van der Waals surface area contributed by atoms with Gasteiger partial charge in [0.15, 0.2) is 0 Å². The molecule has 0 radical (unpaired) electrons. The molecule has 3 aliphatic heterocycles. The maximum absolute atomic E-state index is 13.1. The average Bonchev–Trinajstić information content (AvgIpc) is 3.35. The van der Waals surface area contributed by atoms with Crippen molar-refractivity contribution in [1.82, 2.24) is 20.0 Å². The lowest BCUT2D eigenvalue weighted by atomic mass is 10.0. The number of ether oxygens (including phenoxy) is 1. The topological polar surface area (TPSA) is 65.1 Å². The fourth-order valence-electron chi connectivity index (χ4n) is 5.14. The number of morpholine rings is 1. The number of carbonyl (C=O) groups excluding carboxylic acids is 2. The molecule has 176 valence electrons. The van der Waals surface area contributed by atoms with Crippen molar-refractivity contribution in [2.24, 2.45) is 0 Å². The number of benzene rings is 1. The third-order valence-corrected chi connectivity index (χ3v) is 7.25. The van der Waals surface area contributed by atoms with Gasteiger partial charge in [-0.2, -0.15) is 0 Å². The second-order valence-corrected chi connectivity index (χ2v) is 9.41. The van der Waals surface area contributed by atoms with Gasteiger partial charge in [-0.3, -0.25) is 19.4 Å². The Hall–Kier alpha value is -1.67. The lowest BCUT2D eigenvalue weighted by Crippen LogP contribution is -2.55. The predicted molar refractivity (Wildman–Crippen MR) is 125 cm³/mol.